The summed E-state index contributed by atoms with van der Waals surface area (Å²) in [5.41, 5.74) is 0.347. The normalized spacial score (nSPS) is 11.9. The van der Waals surface area contributed by atoms with E-state index in [-0.39, 0.29) is 40.1 Å². The van der Waals surface area contributed by atoms with Gasteiger partial charge in [-0.25, -0.2) is 4.98 Å². The lowest BCUT2D eigenvalue weighted by atomic mass is 10.1. The molecule has 0 saturated heterocycles. The Morgan fingerprint density at radius 1 is 1.09 bits per heavy atom. The summed E-state index contributed by atoms with van der Waals surface area (Å²) in [5.74, 6) is -0.105. The highest BCUT2D eigenvalue weighted by Gasteiger charge is 2.38. The standard InChI is InChI=1S/C21H27F3N6O3/c1-12(2)9-17(31)25-7-5-6-8-26-18-19-28-29-20(21(22,23)24)30(19)14-11-16(33-4)15(32-3)10-13(14)27-18/h10-12H,5-9H2,1-4H3,(H,25,31)(H,26,27). The molecule has 0 fully saturated rings. The molecule has 0 radical (unpaired) electrons. The first-order valence-electron chi connectivity index (χ1n) is 10.5. The molecule has 9 nitrogen and oxygen atoms in total. The Morgan fingerprint density at radius 2 is 1.76 bits per heavy atom. The fourth-order valence-electron chi connectivity index (χ4n) is 3.39. The molecule has 2 N–H and O–H groups in total. The second-order valence-corrected chi connectivity index (χ2v) is 7.92. The first-order valence-corrected chi connectivity index (χ1v) is 10.5. The summed E-state index contributed by atoms with van der Waals surface area (Å²) in [7, 11) is 2.83. The number of amides is 1. The van der Waals surface area contributed by atoms with E-state index in [0.717, 1.165) is 4.40 Å². The van der Waals surface area contributed by atoms with E-state index in [1.807, 2.05) is 13.8 Å². The van der Waals surface area contributed by atoms with Gasteiger partial charge in [0.2, 0.25) is 17.4 Å². The van der Waals surface area contributed by atoms with Gasteiger partial charge in [0.15, 0.2) is 17.3 Å². The number of hydrogen-bond donors (Lipinski definition) is 2. The lowest BCUT2D eigenvalue weighted by Crippen LogP contribution is -2.25. The number of nitrogens with zero attached hydrogens (tertiary/aromatic N) is 4. The van der Waals surface area contributed by atoms with E-state index >= 15 is 0 Å². The molecule has 0 saturated carbocycles. The van der Waals surface area contributed by atoms with Gasteiger partial charge in [-0.3, -0.25) is 9.20 Å². The van der Waals surface area contributed by atoms with Crippen LogP contribution in [0.3, 0.4) is 0 Å². The minimum absolute atomic E-state index is 0.00313. The van der Waals surface area contributed by atoms with Crippen LogP contribution in [0, 0.1) is 5.92 Å². The van der Waals surface area contributed by atoms with Crippen molar-refractivity contribution in [3.8, 4) is 11.5 Å². The fraction of sp³-hybridized carbons (Fsp3) is 0.524. The van der Waals surface area contributed by atoms with Gasteiger partial charge in [0.25, 0.3) is 0 Å². The molecule has 2 aromatic heterocycles. The first-order chi connectivity index (χ1) is 15.7. The molecule has 0 atom stereocenters. The SMILES string of the molecule is COc1cc2nc(NCCCCNC(=O)CC(C)C)c3nnc(C(F)(F)F)n3c2cc1OC. The molecule has 2 heterocycles. The number of unbranched alkanes of at least 4 members (excludes halogenated alkanes) is 1. The summed E-state index contributed by atoms with van der Waals surface area (Å²) in [6, 6.07) is 2.92. The van der Waals surface area contributed by atoms with Crippen molar-refractivity contribution in [2.45, 2.75) is 39.3 Å². The molecule has 12 heteroatoms. The van der Waals surface area contributed by atoms with Gasteiger partial charge >= 0.3 is 6.18 Å². The lowest BCUT2D eigenvalue weighted by Gasteiger charge is -2.14. The van der Waals surface area contributed by atoms with Crippen LogP contribution in [0.1, 0.15) is 38.9 Å². The number of carbonyl (C=O) groups is 1. The van der Waals surface area contributed by atoms with Crippen LogP contribution in [-0.2, 0) is 11.0 Å². The molecular weight excluding hydrogens is 441 g/mol. The summed E-state index contributed by atoms with van der Waals surface area (Å²) < 4.78 is 52.3. The molecule has 3 aromatic rings. The number of benzene rings is 1. The zero-order valence-corrected chi connectivity index (χ0v) is 18.9. The molecule has 0 aliphatic carbocycles. The van der Waals surface area contributed by atoms with Crippen molar-refractivity contribution in [3.05, 3.63) is 18.0 Å². The molecule has 1 amide bonds. The van der Waals surface area contributed by atoms with Gasteiger partial charge < -0.3 is 20.1 Å². The van der Waals surface area contributed by atoms with E-state index in [1.165, 1.54) is 26.4 Å². The highest BCUT2D eigenvalue weighted by atomic mass is 19.4. The molecule has 180 valence electrons. The summed E-state index contributed by atoms with van der Waals surface area (Å²) >= 11 is 0. The topological polar surface area (TPSA) is 103 Å². The predicted octanol–water partition coefficient (Wildman–Crippen LogP) is 3.67. The predicted molar refractivity (Wildman–Crippen MR) is 117 cm³/mol. The smallest absolute Gasteiger partial charge is 0.452 e. The van der Waals surface area contributed by atoms with E-state index in [0.29, 0.717) is 38.1 Å². The quantitative estimate of drug-likeness (QED) is 0.438. The number of aromatic nitrogens is 4. The number of carbonyl (C=O) groups excluding carboxylic acids is 1. The Labute approximate surface area is 188 Å². The van der Waals surface area contributed by atoms with Gasteiger partial charge in [0.1, 0.15) is 0 Å². The van der Waals surface area contributed by atoms with Crippen LogP contribution >= 0.6 is 0 Å². The van der Waals surface area contributed by atoms with Crippen molar-refractivity contribution >= 4 is 28.4 Å². The maximum atomic E-state index is 13.6. The monoisotopic (exact) mass is 468 g/mol. The van der Waals surface area contributed by atoms with Gasteiger partial charge in [-0.1, -0.05) is 13.8 Å². The average molecular weight is 468 g/mol. The van der Waals surface area contributed by atoms with Gasteiger partial charge in [-0.15, -0.1) is 10.2 Å². The number of halogens is 3. The van der Waals surface area contributed by atoms with Crippen LogP contribution in [0.15, 0.2) is 12.1 Å². The average Bonchev–Trinajstić information content (AvgIpc) is 3.20. The molecule has 1 aromatic carbocycles. The van der Waals surface area contributed by atoms with Gasteiger partial charge in [-0.2, -0.15) is 13.2 Å². The van der Waals surface area contributed by atoms with Crippen LogP contribution in [-0.4, -0.2) is 52.8 Å². The molecule has 0 unspecified atom stereocenters. The summed E-state index contributed by atoms with van der Waals surface area (Å²) in [6.07, 6.45) is -2.88. The second-order valence-electron chi connectivity index (χ2n) is 7.92. The van der Waals surface area contributed by atoms with Crippen LogP contribution < -0.4 is 20.1 Å². The zero-order chi connectivity index (χ0) is 24.2. The highest BCUT2D eigenvalue weighted by molar-refractivity contribution is 5.86. The third kappa shape index (κ3) is 5.55. The Morgan fingerprint density at radius 3 is 2.39 bits per heavy atom. The van der Waals surface area contributed by atoms with Crippen LogP contribution in [0.5, 0.6) is 11.5 Å². The summed E-state index contributed by atoms with van der Waals surface area (Å²) in [4.78, 5) is 16.1. The Bertz CT molecular complexity index is 1130. The van der Waals surface area contributed by atoms with Crippen LogP contribution in [0.25, 0.3) is 16.7 Å². The molecule has 0 spiro atoms. The first kappa shape index (κ1) is 24.3. The van der Waals surface area contributed by atoms with Crippen molar-refractivity contribution in [2.24, 2.45) is 5.92 Å². The zero-order valence-electron chi connectivity index (χ0n) is 18.9. The summed E-state index contributed by atoms with van der Waals surface area (Å²) in [6.45, 7) is 4.89. The number of ether oxygens (including phenoxy) is 2. The number of methoxy groups -OCH3 is 2. The van der Waals surface area contributed by atoms with Gasteiger partial charge in [0.05, 0.1) is 25.3 Å². The van der Waals surface area contributed by atoms with Crippen molar-refractivity contribution in [1.29, 1.82) is 0 Å². The Balaban J connectivity index is 1.84. The minimum atomic E-state index is -4.72. The Hall–Kier alpha value is -3.31. The largest absolute Gasteiger partial charge is 0.493 e. The maximum absolute atomic E-state index is 13.6. The van der Waals surface area contributed by atoms with Crippen molar-refractivity contribution < 1.29 is 27.4 Å². The maximum Gasteiger partial charge on any atom is 0.452 e. The third-order valence-electron chi connectivity index (χ3n) is 4.89. The number of alkyl halides is 3. The van der Waals surface area contributed by atoms with E-state index in [1.54, 1.807) is 0 Å². The molecule has 0 aliphatic rings. The lowest BCUT2D eigenvalue weighted by molar-refractivity contribution is -0.145. The van der Waals surface area contributed by atoms with Gasteiger partial charge in [0, 0.05) is 31.6 Å². The fourth-order valence-corrected chi connectivity index (χ4v) is 3.39. The van der Waals surface area contributed by atoms with Crippen LogP contribution in [0.2, 0.25) is 0 Å². The van der Waals surface area contributed by atoms with Crippen molar-refractivity contribution in [3.63, 3.8) is 0 Å². The highest BCUT2D eigenvalue weighted by Crippen LogP contribution is 2.36. The minimum Gasteiger partial charge on any atom is -0.493 e. The summed E-state index contributed by atoms with van der Waals surface area (Å²) in [5, 5.41) is 13.0. The number of anilines is 1. The number of rotatable bonds is 10. The molecular formula is C21H27F3N6O3. The van der Waals surface area contributed by atoms with Gasteiger partial charge in [-0.05, 0) is 18.8 Å². The molecule has 0 bridgehead atoms. The van der Waals surface area contributed by atoms with Crippen LogP contribution in [0.4, 0.5) is 19.0 Å². The van der Waals surface area contributed by atoms with E-state index in [2.05, 4.69) is 25.8 Å². The number of nitrogens with one attached hydrogen (secondary N) is 2. The molecule has 33 heavy (non-hydrogen) atoms. The van der Waals surface area contributed by atoms with E-state index < -0.39 is 12.0 Å². The number of fused-ring (bicyclic) bond motifs is 3. The molecule has 3 rings (SSSR count). The van der Waals surface area contributed by atoms with Crippen molar-refractivity contribution in [2.75, 3.05) is 32.6 Å². The second kappa shape index (κ2) is 10.1. The van der Waals surface area contributed by atoms with E-state index in [4.69, 9.17) is 9.47 Å². The molecule has 0 aliphatic heterocycles. The Kier molecular flexibility index (Phi) is 7.44. The van der Waals surface area contributed by atoms with Crippen molar-refractivity contribution in [1.82, 2.24) is 24.9 Å². The number of hydrogen-bond acceptors (Lipinski definition) is 7. The van der Waals surface area contributed by atoms with E-state index in [9.17, 15) is 18.0 Å². The third-order valence-corrected chi connectivity index (χ3v) is 4.89.